The maximum atomic E-state index is 13.4. The Balaban J connectivity index is 1.93. The van der Waals surface area contributed by atoms with Gasteiger partial charge >= 0.3 is 0 Å². The first-order valence-electron chi connectivity index (χ1n) is 12.0. The number of benzene rings is 3. The van der Waals surface area contributed by atoms with Gasteiger partial charge in [-0.2, -0.15) is 0 Å². The summed E-state index contributed by atoms with van der Waals surface area (Å²) in [6.07, 6.45) is 0. The van der Waals surface area contributed by atoms with Gasteiger partial charge in [0.2, 0.25) is 0 Å². The summed E-state index contributed by atoms with van der Waals surface area (Å²) in [7, 11) is 5.48. The number of aliphatic hydroxyl groups excluding tert-OH is 1. The Labute approximate surface area is 212 Å². The molecule has 0 aliphatic carbocycles. The Hall–Kier alpha value is -4.06. The molecule has 0 bridgehead atoms. The second-order valence-electron chi connectivity index (χ2n) is 9.61. The summed E-state index contributed by atoms with van der Waals surface area (Å²) in [5.41, 5.74) is 4.76. The molecule has 186 valence electrons. The predicted molar refractivity (Wildman–Crippen MR) is 144 cm³/mol. The van der Waals surface area contributed by atoms with Crippen LogP contribution in [0, 0.1) is 6.92 Å². The molecule has 0 saturated carbocycles. The smallest absolute Gasteiger partial charge is 0.300 e. The van der Waals surface area contributed by atoms with Gasteiger partial charge in [-0.05, 0) is 66.4 Å². The molecule has 1 atom stereocenters. The molecule has 1 saturated heterocycles. The van der Waals surface area contributed by atoms with Crippen molar-refractivity contribution in [2.45, 2.75) is 32.7 Å². The molecule has 3 aromatic carbocycles. The van der Waals surface area contributed by atoms with Crippen LogP contribution >= 0.6 is 0 Å². The Kier molecular flexibility index (Phi) is 6.88. The van der Waals surface area contributed by atoms with Gasteiger partial charge < -0.3 is 14.7 Å². The Bertz CT molecular complexity index is 1340. The zero-order valence-corrected chi connectivity index (χ0v) is 21.6. The van der Waals surface area contributed by atoms with E-state index in [1.165, 1.54) is 4.90 Å². The van der Waals surface area contributed by atoms with Crippen molar-refractivity contribution in [2.24, 2.45) is 0 Å². The van der Waals surface area contributed by atoms with Crippen molar-refractivity contribution in [2.75, 3.05) is 31.0 Å². The summed E-state index contributed by atoms with van der Waals surface area (Å²) in [4.78, 5) is 30.3. The molecule has 1 N–H and O–H groups in total. The lowest BCUT2D eigenvalue weighted by Crippen LogP contribution is -2.29. The summed E-state index contributed by atoms with van der Waals surface area (Å²) in [6.45, 7) is 6.02. The number of ether oxygens (including phenoxy) is 1. The van der Waals surface area contributed by atoms with Crippen LogP contribution in [0.25, 0.3) is 5.76 Å². The number of ketones is 1. The van der Waals surface area contributed by atoms with E-state index in [9.17, 15) is 14.7 Å². The predicted octanol–water partition coefficient (Wildman–Crippen LogP) is 5.82. The highest BCUT2D eigenvalue weighted by Gasteiger charge is 2.47. The lowest BCUT2D eigenvalue weighted by molar-refractivity contribution is -0.132. The van der Waals surface area contributed by atoms with E-state index in [2.05, 4.69) is 0 Å². The Morgan fingerprint density at radius 3 is 2.28 bits per heavy atom. The van der Waals surface area contributed by atoms with Crippen LogP contribution in [-0.4, -0.2) is 38.0 Å². The minimum atomic E-state index is -0.764. The third-order valence-corrected chi connectivity index (χ3v) is 6.57. The van der Waals surface area contributed by atoms with Crippen molar-refractivity contribution in [3.05, 3.63) is 94.6 Å². The highest BCUT2D eigenvalue weighted by atomic mass is 16.5. The standard InChI is InChI=1S/C30H32N2O4/c1-18(2)24-17-21(10-15-25(24)36-6)28(33)26-27(20-9-7-8-19(3)16-20)32(30(35)29(26)34)23-13-11-22(12-14-23)31(4)5/h7-18,27,33H,1-6H3/b28-26-. The van der Waals surface area contributed by atoms with E-state index in [1.54, 1.807) is 19.2 Å². The average Bonchev–Trinajstić information content (AvgIpc) is 3.13. The number of rotatable bonds is 6. The van der Waals surface area contributed by atoms with Crippen LogP contribution in [0.15, 0.2) is 72.3 Å². The van der Waals surface area contributed by atoms with Gasteiger partial charge in [0.05, 0.1) is 18.7 Å². The fourth-order valence-corrected chi connectivity index (χ4v) is 4.65. The Morgan fingerprint density at radius 2 is 1.69 bits per heavy atom. The van der Waals surface area contributed by atoms with Crippen molar-refractivity contribution < 1.29 is 19.4 Å². The number of hydrogen-bond acceptors (Lipinski definition) is 5. The van der Waals surface area contributed by atoms with Gasteiger partial charge in [0.25, 0.3) is 11.7 Å². The van der Waals surface area contributed by atoms with E-state index in [0.29, 0.717) is 17.0 Å². The Morgan fingerprint density at radius 1 is 1.00 bits per heavy atom. The van der Waals surface area contributed by atoms with Gasteiger partial charge in [0.1, 0.15) is 11.5 Å². The van der Waals surface area contributed by atoms with Gasteiger partial charge in [-0.1, -0.05) is 43.7 Å². The summed E-state index contributed by atoms with van der Waals surface area (Å²) in [6, 6.07) is 19.7. The van der Waals surface area contributed by atoms with Crippen LogP contribution in [0.1, 0.15) is 48.1 Å². The first-order chi connectivity index (χ1) is 17.1. The zero-order valence-electron chi connectivity index (χ0n) is 21.6. The number of nitrogens with zero attached hydrogens (tertiary/aromatic N) is 2. The normalized spacial score (nSPS) is 17.1. The second kappa shape index (κ2) is 9.90. The number of anilines is 2. The minimum Gasteiger partial charge on any atom is -0.507 e. The van der Waals surface area contributed by atoms with E-state index in [0.717, 1.165) is 22.4 Å². The van der Waals surface area contributed by atoms with Crippen LogP contribution in [0.5, 0.6) is 5.75 Å². The average molecular weight is 485 g/mol. The van der Waals surface area contributed by atoms with E-state index in [-0.39, 0.29) is 17.3 Å². The molecular weight excluding hydrogens is 452 g/mol. The van der Waals surface area contributed by atoms with E-state index in [1.807, 2.05) is 94.4 Å². The molecule has 0 radical (unpaired) electrons. The maximum absolute atomic E-state index is 13.4. The van der Waals surface area contributed by atoms with Crippen LogP contribution in [-0.2, 0) is 9.59 Å². The minimum absolute atomic E-state index is 0.0714. The molecule has 1 unspecified atom stereocenters. The molecule has 0 aromatic heterocycles. The van der Waals surface area contributed by atoms with Crippen molar-refractivity contribution in [3.8, 4) is 5.75 Å². The fourth-order valence-electron chi connectivity index (χ4n) is 4.65. The maximum Gasteiger partial charge on any atom is 0.300 e. The van der Waals surface area contributed by atoms with E-state index >= 15 is 0 Å². The molecule has 6 heteroatoms. The largest absolute Gasteiger partial charge is 0.507 e. The van der Waals surface area contributed by atoms with Crippen LogP contribution in [0.2, 0.25) is 0 Å². The van der Waals surface area contributed by atoms with Gasteiger partial charge in [-0.15, -0.1) is 0 Å². The first kappa shape index (κ1) is 25.0. The van der Waals surface area contributed by atoms with Crippen molar-refractivity contribution in [1.29, 1.82) is 0 Å². The number of carbonyl (C=O) groups excluding carboxylic acids is 2. The molecule has 1 amide bonds. The third-order valence-electron chi connectivity index (χ3n) is 6.57. The van der Waals surface area contributed by atoms with Crippen LogP contribution in [0.4, 0.5) is 11.4 Å². The van der Waals surface area contributed by atoms with Crippen molar-refractivity contribution >= 4 is 28.8 Å². The number of Topliss-reactive ketones (excluding diaryl/α,β-unsaturated/α-hetero) is 1. The number of methoxy groups -OCH3 is 1. The molecule has 1 aliphatic rings. The first-order valence-corrected chi connectivity index (χ1v) is 12.0. The highest BCUT2D eigenvalue weighted by molar-refractivity contribution is 6.51. The van der Waals surface area contributed by atoms with Gasteiger partial charge in [0, 0.05) is 31.0 Å². The van der Waals surface area contributed by atoms with E-state index < -0.39 is 17.7 Å². The number of hydrogen-bond donors (Lipinski definition) is 1. The van der Waals surface area contributed by atoms with Gasteiger partial charge in [-0.3, -0.25) is 14.5 Å². The monoisotopic (exact) mass is 484 g/mol. The van der Waals surface area contributed by atoms with Gasteiger partial charge in [0.15, 0.2) is 0 Å². The molecule has 6 nitrogen and oxygen atoms in total. The zero-order chi connectivity index (χ0) is 26.1. The summed E-state index contributed by atoms with van der Waals surface area (Å²) in [5.74, 6) is -0.733. The lowest BCUT2D eigenvalue weighted by atomic mass is 9.92. The molecule has 4 rings (SSSR count). The summed E-state index contributed by atoms with van der Waals surface area (Å²) >= 11 is 0. The SMILES string of the molecule is COc1ccc(/C(O)=C2/C(=O)C(=O)N(c3ccc(N(C)C)cc3)C2c2cccc(C)c2)cc1C(C)C. The number of amides is 1. The topological polar surface area (TPSA) is 70.1 Å². The third kappa shape index (κ3) is 4.47. The molecule has 3 aromatic rings. The molecule has 0 spiro atoms. The van der Waals surface area contributed by atoms with E-state index in [4.69, 9.17) is 4.74 Å². The van der Waals surface area contributed by atoms with Crippen molar-refractivity contribution in [3.63, 3.8) is 0 Å². The summed E-state index contributed by atoms with van der Waals surface area (Å²) < 4.78 is 5.48. The fraction of sp³-hybridized carbons (Fsp3) is 0.267. The summed E-state index contributed by atoms with van der Waals surface area (Å²) in [5, 5.41) is 11.5. The number of aryl methyl sites for hydroxylation is 1. The van der Waals surface area contributed by atoms with Gasteiger partial charge in [-0.25, -0.2) is 0 Å². The van der Waals surface area contributed by atoms with Crippen molar-refractivity contribution in [1.82, 2.24) is 0 Å². The molecule has 1 aliphatic heterocycles. The molecule has 1 fully saturated rings. The highest BCUT2D eigenvalue weighted by Crippen LogP contribution is 2.43. The molecule has 1 heterocycles. The number of carbonyl (C=O) groups is 2. The van der Waals surface area contributed by atoms with Crippen LogP contribution < -0.4 is 14.5 Å². The molecular formula is C30H32N2O4. The second-order valence-corrected chi connectivity index (χ2v) is 9.61. The molecule has 36 heavy (non-hydrogen) atoms. The number of aliphatic hydroxyl groups is 1. The van der Waals surface area contributed by atoms with Crippen LogP contribution in [0.3, 0.4) is 0 Å². The quantitative estimate of drug-likeness (QED) is 0.271. The lowest BCUT2D eigenvalue weighted by Gasteiger charge is -2.26.